The topological polar surface area (TPSA) is 129 Å². The second kappa shape index (κ2) is 11.7. The Labute approximate surface area is 227 Å². The highest BCUT2D eigenvalue weighted by Gasteiger charge is 2.21. The SMILES string of the molecule is Cc1cc(C#N)cc(C)c1Oc1ccnc(NC2CCN(Cc3cn(Cc4ccccc4C#N)nn3)CC2)n1. The van der Waals surface area contributed by atoms with E-state index in [0.717, 1.165) is 54.9 Å². The summed E-state index contributed by atoms with van der Waals surface area (Å²) in [4.78, 5) is 11.3. The van der Waals surface area contributed by atoms with Crippen LogP contribution in [0, 0.1) is 36.5 Å². The molecule has 1 fully saturated rings. The Balaban J connectivity index is 1.13. The number of aryl methyl sites for hydroxylation is 2. The van der Waals surface area contributed by atoms with Gasteiger partial charge in [0.25, 0.3) is 0 Å². The largest absolute Gasteiger partial charge is 0.438 e. The standard InChI is InChI=1S/C29H29N9O/c1-20-13-22(15-30)14-21(2)28(20)39-27-7-10-32-29(34-27)33-25-8-11-37(12-9-25)18-26-19-38(36-35-26)17-24-6-4-3-5-23(24)16-31/h3-7,10,13-14,19,25H,8-9,11-12,17-18H2,1-2H3,(H,32,33,34). The van der Waals surface area contributed by atoms with Crippen molar-refractivity contribution in [3.05, 3.63) is 88.4 Å². The summed E-state index contributed by atoms with van der Waals surface area (Å²) < 4.78 is 7.85. The molecule has 0 amide bonds. The van der Waals surface area contributed by atoms with E-state index in [1.165, 1.54) is 0 Å². The number of hydrogen-bond donors (Lipinski definition) is 1. The Morgan fingerprint density at radius 1 is 1.03 bits per heavy atom. The Kier molecular flexibility index (Phi) is 7.76. The van der Waals surface area contributed by atoms with Gasteiger partial charge < -0.3 is 10.1 Å². The lowest BCUT2D eigenvalue weighted by Crippen LogP contribution is -2.39. The molecule has 1 N–H and O–H groups in total. The van der Waals surface area contributed by atoms with Crippen molar-refractivity contribution in [1.82, 2.24) is 29.9 Å². The number of aromatic nitrogens is 5. The third-order valence-electron chi connectivity index (χ3n) is 6.79. The van der Waals surface area contributed by atoms with Gasteiger partial charge in [0.15, 0.2) is 0 Å². The van der Waals surface area contributed by atoms with E-state index in [-0.39, 0.29) is 6.04 Å². The second-order valence-corrected chi connectivity index (χ2v) is 9.74. The first-order chi connectivity index (χ1) is 19.0. The van der Waals surface area contributed by atoms with Gasteiger partial charge in [0.1, 0.15) is 5.75 Å². The minimum atomic E-state index is 0.257. The highest BCUT2D eigenvalue weighted by atomic mass is 16.5. The molecule has 0 aliphatic carbocycles. The average Bonchev–Trinajstić information content (AvgIpc) is 3.38. The molecular formula is C29H29N9O. The summed E-state index contributed by atoms with van der Waals surface area (Å²) in [6, 6.07) is 17.6. The van der Waals surface area contributed by atoms with Crippen LogP contribution in [-0.4, -0.2) is 49.0 Å². The highest BCUT2D eigenvalue weighted by molar-refractivity contribution is 5.48. The number of rotatable bonds is 8. The van der Waals surface area contributed by atoms with Crippen LogP contribution in [0.25, 0.3) is 0 Å². The molecule has 1 aliphatic heterocycles. The summed E-state index contributed by atoms with van der Waals surface area (Å²) in [5.41, 5.74) is 4.89. The molecule has 3 heterocycles. The van der Waals surface area contributed by atoms with E-state index in [4.69, 9.17) is 4.74 Å². The number of nitriles is 2. The van der Waals surface area contributed by atoms with Crippen LogP contribution >= 0.6 is 0 Å². The summed E-state index contributed by atoms with van der Waals surface area (Å²) in [6.45, 7) is 6.94. The lowest BCUT2D eigenvalue weighted by Gasteiger charge is -2.31. The number of nitrogens with zero attached hydrogens (tertiary/aromatic N) is 8. The van der Waals surface area contributed by atoms with Crippen LogP contribution in [0.2, 0.25) is 0 Å². The van der Waals surface area contributed by atoms with Gasteiger partial charge in [-0.05, 0) is 61.6 Å². The van der Waals surface area contributed by atoms with Crippen molar-refractivity contribution in [2.75, 3.05) is 18.4 Å². The van der Waals surface area contributed by atoms with Gasteiger partial charge in [0, 0.05) is 37.9 Å². The Hall–Kier alpha value is -4.80. The van der Waals surface area contributed by atoms with E-state index >= 15 is 0 Å². The van der Waals surface area contributed by atoms with Crippen molar-refractivity contribution in [2.45, 2.75) is 45.8 Å². The molecule has 1 aliphatic rings. The molecule has 0 unspecified atom stereocenters. The predicted octanol–water partition coefficient (Wildman–Crippen LogP) is 4.35. The molecule has 0 spiro atoms. The Morgan fingerprint density at radius 2 is 1.79 bits per heavy atom. The zero-order valence-electron chi connectivity index (χ0n) is 22.0. The van der Waals surface area contributed by atoms with Gasteiger partial charge in [-0.25, -0.2) is 9.67 Å². The van der Waals surface area contributed by atoms with Crippen molar-refractivity contribution in [3.8, 4) is 23.8 Å². The van der Waals surface area contributed by atoms with Crippen molar-refractivity contribution in [2.24, 2.45) is 0 Å². The number of ether oxygens (including phenoxy) is 1. The fraction of sp³-hybridized carbons (Fsp3) is 0.310. The minimum absolute atomic E-state index is 0.257. The summed E-state index contributed by atoms with van der Waals surface area (Å²) in [7, 11) is 0. The van der Waals surface area contributed by atoms with Crippen molar-refractivity contribution in [3.63, 3.8) is 0 Å². The van der Waals surface area contributed by atoms with Crippen molar-refractivity contribution in [1.29, 1.82) is 10.5 Å². The van der Waals surface area contributed by atoms with E-state index in [2.05, 4.69) is 42.6 Å². The quantitative estimate of drug-likeness (QED) is 0.361. The molecule has 0 saturated carbocycles. The number of anilines is 1. The zero-order chi connectivity index (χ0) is 27.2. The fourth-order valence-electron chi connectivity index (χ4n) is 4.83. The first-order valence-corrected chi connectivity index (χ1v) is 12.9. The smallest absolute Gasteiger partial charge is 0.226 e. The third-order valence-corrected chi connectivity index (χ3v) is 6.79. The molecule has 1 saturated heterocycles. The van der Waals surface area contributed by atoms with Crippen LogP contribution in [0.5, 0.6) is 11.6 Å². The van der Waals surface area contributed by atoms with E-state index in [1.54, 1.807) is 16.9 Å². The molecular weight excluding hydrogens is 490 g/mol. The highest BCUT2D eigenvalue weighted by Crippen LogP contribution is 2.29. The van der Waals surface area contributed by atoms with E-state index in [9.17, 15) is 10.5 Å². The van der Waals surface area contributed by atoms with Gasteiger partial charge in [-0.15, -0.1) is 5.10 Å². The van der Waals surface area contributed by atoms with E-state index in [1.807, 2.05) is 56.4 Å². The lowest BCUT2D eigenvalue weighted by molar-refractivity contribution is 0.208. The number of benzene rings is 2. The van der Waals surface area contributed by atoms with Crippen LogP contribution in [0.3, 0.4) is 0 Å². The zero-order valence-corrected chi connectivity index (χ0v) is 22.0. The molecule has 10 nitrogen and oxygen atoms in total. The summed E-state index contributed by atoms with van der Waals surface area (Å²) in [5.74, 6) is 1.70. The molecule has 39 heavy (non-hydrogen) atoms. The van der Waals surface area contributed by atoms with Crippen molar-refractivity contribution >= 4 is 5.95 Å². The van der Waals surface area contributed by atoms with Crippen LogP contribution in [0.1, 0.15) is 46.4 Å². The van der Waals surface area contributed by atoms with Gasteiger partial charge in [-0.1, -0.05) is 23.4 Å². The van der Waals surface area contributed by atoms with Gasteiger partial charge in [-0.3, -0.25) is 4.90 Å². The normalized spacial score (nSPS) is 13.9. The number of piperidine rings is 1. The monoisotopic (exact) mass is 519 g/mol. The maximum Gasteiger partial charge on any atom is 0.226 e. The van der Waals surface area contributed by atoms with Crippen LogP contribution in [-0.2, 0) is 13.1 Å². The molecule has 0 atom stereocenters. The van der Waals surface area contributed by atoms with Gasteiger partial charge in [0.05, 0.1) is 41.7 Å². The van der Waals surface area contributed by atoms with E-state index < -0.39 is 0 Å². The van der Waals surface area contributed by atoms with Crippen molar-refractivity contribution < 1.29 is 4.74 Å². The summed E-state index contributed by atoms with van der Waals surface area (Å²) >= 11 is 0. The Morgan fingerprint density at radius 3 is 2.54 bits per heavy atom. The first kappa shape index (κ1) is 25.8. The minimum Gasteiger partial charge on any atom is -0.438 e. The summed E-state index contributed by atoms with van der Waals surface area (Å²) in [5, 5.41) is 30.5. The van der Waals surface area contributed by atoms with Gasteiger partial charge in [0.2, 0.25) is 11.8 Å². The first-order valence-electron chi connectivity index (χ1n) is 12.9. The summed E-state index contributed by atoms with van der Waals surface area (Å²) in [6.07, 6.45) is 5.54. The molecule has 0 radical (unpaired) electrons. The molecule has 10 heteroatoms. The number of hydrogen-bond acceptors (Lipinski definition) is 9. The van der Waals surface area contributed by atoms with Crippen LogP contribution in [0.15, 0.2) is 54.9 Å². The molecule has 196 valence electrons. The molecule has 0 bridgehead atoms. The maximum absolute atomic E-state index is 9.31. The second-order valence-electron chi connectivity index (χ2n) is 9.74. The maximum atomic E-state index is 9.31. The molecule has 4 aromatic rings. The molecule has 2 aromatic heterocycles. The number of likely N-dealkylation sites (tertiary alicyclic amines) is 1. The molecule has 5 rings (SSSR count). The van der Waals surface area contributed by atoms with Gasteiger partial charge >= 0.3 is 0 Å². The van der Waals surface area contributed by atoms with Gasteiger partial charge in [-0.2, -0.15) is 15.5 Å². The Bertz CT molecular complexity index is 1520. The van der Waals surface area contributed by atoms with Crippen LogP contribution in [0.4, 0.5) is 5.95 Å². The fourth-order valence-corrected chi connectivity index (χ4v) is 4.83. The number of nitrogens with one attached hydrogen (secondary N) is 1. The van der Waals surface area contributed by atoms with E-state index in [0.29, 0.717) is 35.2 Å². The predicted molar refractivity (Wildman–Crippen MR) is 145 cm³/mol. The molecule has 2 aromatic carbocycles. The van der Waals surface area contributed by atoms with Crippen LogP contribution < -0.4 is 10.1 Å². The third kappa shape index (κ3) is 6.38. The lowest BCUT2D eigenvalue weighted by atomic mass is 10.1. The average molecular weight is 520 g/mol.